The molecule has 5 nitrogen and oxygen atoms in total. The van der Waals surface area contributed by atoms with E-state index in [1.807, 2.05) is 38.1 Å². The molecule has 0 atom stereocenters. The van der Waals surface area contributed by atoms with Crippen molar-refractivity contribution in [1.29, 1.82) is 0 Å². The van der Waals surface area contributed by atoms with E-state index in [2.05, 4.69) is 15.5 Å². The lowest BCUT2D eigenvalue weighted by Crippen LogP contribution is -2.26. The Morgan fingerprint density at radius 1 is 1.22 bits per heavy atom. The Bertz CT molecular complexity index is 906. The molecule has 0 aliphatic rings. The highest BCUT2D eigenvalue weighted by atomic mass is 35.5. The van der Waals surface area contributed by atoms with Gasteiger partial charge in [-0.25, -0.2) is 4.98 Å². The fraction of sp³-hybridized carbons (Fsp3) is 0.250. The van der Waals surface area contributed by atoms with Gasteiger partial charge in [0, 0.05) is 29.1 Å². The lowest BCUT2D eigenvalue weighted by Gasteiger charge is -2.09. The second kappa shape index (κ2) is 9.06. The molecular weight excluding hydrogens is 382 g/mol. The summed E-state index contributed by atoms with van der Waals surface area (Å²) in [5, 5.41) is 8.33. The number of halogens is 1. The van der Waals surface area contributed by atoms with Crippen molar-refractivity contribution in [2.75, 3.05) is 6.54 Å². The van der Waals surface area contributed by atoms with Crippen molar-refractivity contribution in [3.63, 3.8) is 0 Å². The summed E-state index contributed by atoms with van der Waals surface area (Å²) in [5.74, 6) is 1.33. The Morgan fingerprint density at radius 3 is 2.70 bits per heavy atom. The van der Waals surface area contributed by atoms with Crippen molar-refractivity contribution in [1.82, 2.24) is 15.5 Å². The van der Waals surface area contributed by atoms with E-state index in [9.17, 15) is 4.79 Å². The van der Waals surface area contributed by atoms with Crippen LogP contribution >= 0.6 is 23.4 Å². The number of hydrogen-bond acceptors (Lipinski definition) is 5. The van der Waals surface area contributed by atoms with Crippen LogP contribution in [0.4, 0.5) is 0 Å². The molecule has 140 valence electrons. The van der Waals surface area contributed by atoms with Crippen molar-refractivity contribution in [3.05, 3.63) is 75.8 Å². The smallest absolute Gasteiger partial charge is 0.254 e. The molecule has 0 unspecified atom stereocenters. The average Bonchev–Trinajstić information content (AvgIpc) is 2.99. The van der Waals surface area contributed by atoms with Crippen molar-refractivity contribution >= 4 is 29.3 Å². The fourth-order valence-electron chi connectivity index (χ4n) is 2.59. The summed E-state index contributed by atoms with van der Waals surface area (Å²) in [5.41, 5.74) is 3.61. The summed E-state index contributed by atoms with van der Waals surface area (Å²) in [6.07, 6.45) is 2.44. The van der Waals surface area contributed by atoms with Gasteiger partial charge in [-0.2, -0.15) is 0 Å². The van der Waals surface area contributed by atoms with Gasteiger partial charge < -0.3 is 9.84 Å². The molecule has 0 bridgehead atoms. The second-order valence-electron chi connectivity index (χ2n) is 6.08. The van der Waals surface area contributed by atoms with Gasteiger partial charge in [-0.1, -0.05) is 28.9 Å². The summed E-state index contributed by atoms with van der Waals surface area (Å²) in [6.45, 7) is 4.34. The molecule has 0 spiro atoms. The fourth-order valence-corrected chi connectivity index (χ4v) is 3.86. The van der Waals surface area contributed by atoms with E-state index < -0.39 is 0 Å². The summed E-state index contributed by atoms with van der Waals surface area (Å²) in [4.78, 5) is 17.0. The van der Waals surface area contributed by atoms with Gasteiger partial charge in [0.05, 0.1) is 11.3 Å². The van der Waals surface area contributed by atoms with Crippen LogP contribution in [0.5, 0.6) is 0 Å². The molecule has 2 heterocycles. The van der Waals surface area contributed by atoms with Gasteiger partial charge in [-0.3, -0.25) is 4.79 Å². The highest BCUT2D eigenvalue weighted by molar-refractivity contribution is 7.98. The maximum absolute atomic E-state index is 12.6. The van der Waals surface area contributed by atoms with Gasteiger partial charge in [0.1, 0.15) is 10.8 Å². The summed E-state index contributed by atoms with van der Waals surface area (Å²) < 4.78 is 5.19. The van der Waals surface area contributed by atoms with Crippen molar-refractivity contribution < 1.29 is 9.32 Å². The first kappa shape index (κ1) is 19.5. The minimum absolute atomic E-state index is 0.127. The number of nitrogens with one attached hydrogen (secondary N) is 1. The summed E-state index contributed by atoms with van der Waals surface area (Å²) in [6, 6.07) is 11.2. The first-order valence-corrected chi connectivity index (χ1v) is 9.93. The van der Waals surface area contributed by atoms with Crippen LogP contribution in [0.15, 0.2) is 52.1 Å². The monoisotopic (exact) mass is 401 g/mol. The average molecular weight is 402 g/mol. The SMILES string of the molecule is Cc1noc(C)c1CSc1ncccc1C(=O)NCCc1ccc(Cl)cc1. The van der Waals surface area contributed by atoms with Gasteiger partial charge in [0.25, 0.3) is 5.91 Å². The van der Waals surface area contributed by atoms with Crippen LogP contribution in [0.3, 0.4) is 0 Å². The van der Waals surface area contributed by atoms with Crippen molar-refractivity contribution in [2.24, 2.45) is 0 Å². The third-order valence-electron chi connectivity index (χ3n) is 4.16. The number of amides is 1. The molecule has 3 aromatic rings. The lowest BCUT2D eigenvalue weighted by molar-refractivity contribution is 0.0950. The molecule has 0 radical (unpaired) electrons. The molecular formula is C20H20ClN3O2S. The predicted molar refractivity (Wildman–Crippen MR) is 107 cm³/mol. The van der Waals surface area contributed by atoms with Crippen LogP contribution in [0.2, 0.25) is 5.02 Å². The molecule has 1 N–H and O–H groups in total. The molecule has 0 saturated heterocycles. The highest BCUT2D eigenvalue weighted by Crippen LogP contribution is 2.27. The van der Waals surface area contributed by atoms with Crippen LogP contribution in [0, 0.1) is 13.8 Å². The minimum Gasteiger partial charge on any atom is -0.361 e. The second-order valence-corrected chi connectivity index (χ2v) is 7.48. The number of thioether (sulfide) groups is 1. The predicted octanol–water partition coefficient (Wildman–Crippen LogP) is 4.60. The number of pyridine rings is 1. The van der Waals surface area contributed by atoms with Gasteiger partial charge in [-0.05, 0) is 50.1 Å². The summed E-state index contributed by atoms with van der Waals surface area (Å²) in [7, 11) is 0. The van der Waals surface area contributed by atoms with Gasteiger partial charge in [0.15, 0.2) is 0 Å². The zero-order valence-electron chi connectivity index (χ0n) is 15.2. The molecule has 1 aromatic carbocycles. The van der Waals surface area contributed by atoms with Gasteiger partial charge in [-0.15, -0.1) is 11.8 Å². The normalized spacial score (nSPS) is 10.8. The van der Waals surface area contributed by atoms with E-state index in [-0.39, 0.29) is 5.91 Å². The zero-order valence-corrected chi connectivity index (χ0v) is 16.7. The molecule has 27 heavy (non-hydrogen) atoms. The quantitative estimate of drug-likeness (QED) is 0.586. The van der Waals surface area contributed by atoms with Crippen LogP contribution in [0.1, 0.15) is 32.9 Å². The number of nitrogens with zero attached hydrogens (tertiary/aromatic N) is 2. The van der Waals surface area contributed by atoms with E-state index in [4.69, 9.17) is 16.1 Å². The number of benzene rings is 1. The lowest BCUT2D eigenvalue weighted by atomic mass is 10.1. The van der Waals surface area contributed by atoms with Crippen LogP contribution in [-0.4, -0.2) is 22.6 Å². The third-order valence-corrected chi connectivity index (χ3v) is 5.45. The molecule has 0 saturated carbocycles. The van der Waals surface area contributed by atoms with E-state index >= 15 is 0 Å². The van der Waals surface area contributed by atoms with Gasteiger partial charge in [0.2, 0.25) is 0 Å². The molecule has 0 aliphatic carbocycles. The van der Waals surface area contributed by atoms with E-state index in [0.29, 0.717) is 27.9 Å². The molecule has 3 rings (SSSR count). The summed E-state index contributed by atoms with van der Waals surface area (Å²) >= 11 is 7.40. The number of hydrogen-bond donors (Lipinski definition) is 1. The maximum atomic E-state index is 12.6. The first-order valence-electron chi connectivity index (χ1n) is 8.57. The largest absolute Gasteiger partial charge is 0.361 e. The van der Waals surface area contributed by atoms with Crippen LogP contribution in [0.25, 0.3) is 0 Å². The van der Waals surface area contributed by atoms with E-state index in [1.54, 1.807) is 18.3 Å². The van der Waals surface area contributed by atoms with Crippen molar-refractivity contribution in [3.8, 4) is 0 Å². The molecule has 2 aromatic heterocycles. The van der Waals surface area contributed by atoms with E-state index in [0.717, 1.165) is 29.0 Å². The first-order chi connectivity index (χ1) is 13.0. The Hall–Kier alpha value is -2.31. The molecule has 0 fully saturated rings. The molecule has 7 heteroatoms. The number of rotatable bonds is 7. The number of aryl methyl sites for hydroxylation is 2. The van der Waals surface area contributed by atoms with E-state index in [1.165, 1.54) is 11.8 Å². The Balaban J connectivity index is 1.60. The zero-order chi connectivity index (χ0) is 19.2. The number of carbonyl (C=O) groups is 1. The minimum atomic E-state index is -0.127. The highest BCUT2D eigenvalue weighted by Gasteiger charge is 2.15. The maximum Gasteiger partial charge on any atom is 0.254 e. The number of aromatic nitrogens is 2. The molecule has 1 amide bonds. The third kappa shape index (κ3) is 5.11. The molecule has 0 aliphatic heterocycles. The van der Waals surface area contributed by atoms with Crippen LogP contribution in [-0.2, 0) is 12.2 Å². The van der Waals surface area contributed by atoms with Crippen molar-refractivity contribution in [2.45, 2.75) is 31.0 Å². The topological polar surface area (TPSA) is 68.0 Å². The Morgan fingerprint density at radius 2 is 2.00 bits per heavy atom. The Kier molecular flexibility index (Phi) is 6.53. The Labute approximate surface area is 167 Å². The van der Waals surface area contributed by atoms with Gasteiger partial charge >= 0.3 is 0 Å². The number of carbonyl (C=O) groups excluding carboxylic acids is 1. The van der Waals surface area contributed by atoms with Crippen LogP contribution < -0.4 is 5.32 Å². The standard InChI is InChI=1S/C20H20ClN3O2S/c1-13-18(14(2)26-24-13)12-27-20-17(4-3-10-23-20)19(25)22-11-9-15-5-7-16(21)8-6-15/h3-8,10H,9,11-12H2,1-2H3,(H,22,25).